The number of aromatic nitrogens is 1. The number of rotatable bonds is 4. The minimum absolute atomic E-state index is 0.241. The van der Waals surface area contributed by atoms with E-state index in [-0.39, 0.29) is 11.5 Å². The standard InChI is InChI=1S/C11H19N3O2S2/c1-3-12-9(2)10-8-13-11(17-10)14-4-6-18(15,16)7-5-14/h8-9,12H,3-7H2,1-2H3. The Morgan fingerprint density at radius 1 is 1.50 bits per heavy atom. The van der Waals surface area contributed by atoms with Gasteiger partial charge in [-0.3, -0.25) is 0 Å². The van der Waals surface area contributed by atoms with Crippen molar-refractivity contribution >= 4 is 26.3 Å². The Labute approximate surface area is 112 Å². The molecule has 7 heteroatoms. The van der Waals surface area contributed by atoms with Gasteiger partial charge in [-0.05, 0) is 13.5 Å². The fraction of sp³-hybridized carbons (Fsp3) is 0.727. The molecule has 18 heavy (non-hydrogen) atoms. The van der Waals surface area contributed by atoms with E-state index in [9.17, 15) is 8.42 Å². The predicted octanol–water partition coefficient (Wildman–Crippen LogP) is 1.05. The zero-order chi connectivity index (χ0) is 13.2. The lowest BCUT2D eigenvalue weighted by Gasteiger charge is -2.25. The molecular formula is C11H19N3O2S2. The van der Waals surface area contributed by atoms with Gasteiger partial charge in [0.25, 0.3) is 0 Å². The van der Waals surface area contributed by atoms with Crippen LogP contribution in [0.3, 0.4) is 0 Å². The van der Waals surface area contributed by atoms with Crippen LogP contribution < -0.4 is 10.2 Å². The smallest absolute Gasteiger partial charge is 0.185 e. The van der Waals surface area contributed by atoms with Gasteiger partial charge in [0.1, 0.15) is 0 Å². The van der Waals surface area contributed by atoms with Gasteiger partial charge in [-0.15, -0.1) is 11.3 Å². The summed E-state index contributed by atoms with van der Waals surface area (Å²) < 4.78 is 22.7. The summed E-state index contributed by atoms with van der Waals surface area (Å²) in [6, 6.07) is 0.301. The Kier molecular flexibility index (Phi) is 4.24. The van der Waals surface area contributed by atoms with Crippen LogP contribution in [0.15, 0.2) is 6.20 Å². The van der Waals surface area contributed by atoms with Crippen LogP contribution in [0.2, 0.25) is 0 Å². The molecule has 2 rings (SSSR count). The Morgan fingerprint density at radius 2 is 2.17 bits per heavy atom. The minimum atomic E-state index is -2.82. The van der Waals surface area contributed by atoms with E-state index in [1.54, 1.807) is 11.3 Å². The average Bonchev–Trinajstić information content (AvgIpc) is 2.79. The van der Waals surface area contributed by atoms with Gasteiger partial charge in [0, 0.05) is 30.2 Å². The summed E-state index contributed by atoms with van der Waals surface area (Å²) in [6.45, 7) is 6.24. The third-order valence-corrected chi connectivity index (χ3v) is 5.91. The van der Waals surface area contributed by atoms with E-state index in [2.05, 4.69) is 29.0 Å². The molecular weight excluding hydrogens is 270 g/mol. The van der Waals surface area contributed by atoms with E-state index in [1.807, 2.05) is 6.20 Å². The van der Waals surface area contributed by atoms with Crippen molar-refractivity contribution in [3.63, 3.8) is 0 Å². The van der Waals surface area contributed by atoms with Crippen LogP contribution >= 0.6 is 11.3 Å². The Morgan fingerprint density at radius 3 is 2.78 bits per heavy atom. The maximum absolute atomic E-state index is 11.4. The quantitative estimate of drug-likeness (QED) is 0.897. The third-order valence-electron chi connectivity index (χ3n) is 3.06. The molecule has 102 valence electrons. The molecule has 0 aliphatic carbocycles. The first kappa shape index (κ1) is 13.8. The Balaban J connectivity index is 2.02. The molecule has 1 aromatic rings. The van der Waals surface area contributed by atoms with Gasteiger partial charge in [0.15, 0.2) is 15.0 Å². The Bertz CT molecular complexity index is 484. The van der Waals surface area contributed by atoms with Crippen molar-refractivity contribution in [2.75, 3.05) is 36.0 Å². The van der Waals surface area contributed by atoms with Gasteiger partial charge in [-0.1, -0.05) is 6.92 Å². The Hall–Kier alpha value is -0.660. The second kappa shape index (κ2) is 5.54. The molecule has 5 nitrogen and oxygen atoms in total. The lowest BCUT2D eigenvalue weighted by Crippen LogP contribution is -2.40. The van der Waals surface area contributed by atoms with E-state index in [0.29, 0.717) is 19.1 Å². The molecule has 1 unspecified atom stereocenters. The van der Waals surface area contributed by atoms with Crippen LogP contribution in [0.25, 0.3) is 0 Å². The lowest BCUT2D eigenvalue weighted by atomic mass is 10.3. The summed E-state index contributed by atoms with van der Waals surface area (Å²) in [4.78, 5) is 7.66. The number of nitrogens with one attached hydrogen (secondary N) is 1. The number of hydrogen-bond acceptors (Lipinski definition) is 6. The summed E-state index contributed by atoms with van der Waals surface area (Å²) >= 11 is 1.65. The molecule has 0 saturated carbocycles. The zero-order valence-electron chi connectivity index (χ0n) is 10.7. The first-order chi connectivity index (χ1) is 8.52. The number of hydrogen-bond donors (Lipinski definition) is 1. The van der Waals surface area contributed by atoms with Gasteiger partial charge in [0.05, 0.1) is 11.5 Å². The van der Waals surface area contributed by atoms with E-state index in [1.165, 1.54) is 4.88 Å². The second-order valence-corrected chi connectivity index (χ2v) is 7.81. The lowest BCUT2D eigenvalue weighted by molar-refractivity contribution is 0.586. The first-order valence-electron chi connectivity index (χ1n) is 6.16. The molecule has 1 aliphatic rings. The normalized spacial score (nSPS) is 20.9. The maximum atomic E-state index is 11.4. The monoisotopic (exact) mass is 289 g/mol. The van der Waals surface area contributed by atoms with Crippen molar-refractivity contribution in [1.29, 1.82) is 0 Å². The summed E-state index contributed by atoms with van der Waals surface area (Å²) in [5, 5.41) is 4.28. The van der Waals surface area contributed by atoms with Crippen molar-refractivity contribution in [3.05, 3.63) is 11.1 Å². The molecule has 0 aromatic carbocycles. The maximum Gasteiger partial charge on any atom is 0.185 e. The van der Waals surface area contributed by atoms with Gasteiger partial charge in [-0.25, -0.2) is 13.4 Å². The molecule has 2 heterocycles. The summed E-state index contributed by atoms with van der Waals surface area (Å²) in [5.41, 5.74) is 0. The third kappa shape index (κ3) is 3.21. The van der Waals surface area contributed by atoms with E-state index < -0.39 is 9.84 Å². The second-order valence-electron chi connectivity index (χ2n) is 4.46. The molecule has 0 spiro atoms. The largest absolute Gasteiger partial charge is 0.346 e. The van der Waals surface area contributed by atoms with Crippen molar-refractivity contribution in [2.24, 2.45) is 0 Å². The SMILES string of the molecule is CCNC(C)c1cnc(N2CCS(=O)(=O)CC2)s1. The molecule has 0 amide bonds. The molecule has 1 fully saturated rings. The zero-order valence-corrected chi connectivity index (χ0v) is 12.4. The van der Waals surface area contributed by atoms with E-state index >= 15 is 0 Å². The van der Waals surface area contributed by atoms with Crippen molar-refractivity contribution in [2.45, 2.75) is 19.9 Å². The molecule has 1 atom stereocenters. The summed E-state index contributed by atoms with van der Waals surface area (Å²) in [5.74, 6) is 0.482. The average molecular weight is 289 g/mol. The highest BCUT2D eigenvalue weighted by Crippen LogP contribution is 2.27. The van der Waals surface area contributed by atoms with E-state index in [4.69, 9.17) is 0 Å². The van der Waals surface area contributed by atoms with Crippen molar-refractivity contribution in [3.8, 4) is 0 Å². The molecule has 1 N–H and O–H groups in total. The number of sulfone groups is 1. The predicted molar refractivity (Wildman–Crippen MR) is 75.1 cm³/mol. The van der Waals surface area contributed by atoms with Crippen molar-refractivity contribution in [1.82, 2.24) is 10.3 Å². The molecule has 0 radical (unpaired) electrons. The van der Waals surface area contributed by atoms with Crippen LogP contribution in [-0.4, -0.2) is 44.5 Å². The van der Waals surface area contributed by atoms with Crippen LogP contribution in [0.4, 0.5) is 5.13 Å². The van der Waals surface area contributed by atoms with Crippen LogP contribution in [0.1, 0.15) is 24.8 Å². The van der Waals surface area contributed by atoms with Crippen LogP contribution in [0.5, 0.6) is 0 Å². The number of thiazole rings is 1. The topological polar surface area (TPSA) is 62.3 Å². The van der Waals surface area contributed by atoms with Gasteiger partial charge >= 0.3 is 0 Å². The first-order valence-corrected chi connectivity index (χ1v) is 8.80. The van der Waals surface area contributed by atoms with E-state index in [0.717, 1.165) is 11.7 Å². The summed E-state index contributed by atoms with van der Waals surface area (Å²) in [6.07, 6.45) is 1.89. The van der Waals surface area contributed by atoms with Crippen molar-refractivity contribution < 1.29 is 8.42 Å². The fourth-order valence-electron chi connectivity index (χ4n) is 1.93. The highest BCUT2D eigenvalue weighted by molar-refractivity contribution is 7.91. The molecule has 0 bridgehead atoms. The minimum Gasteiger partial charge on any atom is -0.346 e. The highest BCUT2D eigenvalue weighted by atomic mass is 32.2. The van der Waals surface area contributed by atoms with Crippen LogP contribution in [-0.2, 0) is 9.84 Å². The molecule has 1 saturated heterocycles. The van der Waals surface area contributed by atoms with Gasteiger partial charge < -0.3 is 10.2 Å². The highest BCUT2D eigenvalue weighted by Gasteiger charge is 2.23. The van der Waals surface area contributed by atoms with Crippen LogP contribution in [0, 0.1) is 0 Å². The molecule has 1 aliphatic heterocycles. The number of nitrogens with zero attached hydrogens (tertiary/aromatic N) is 2. The fourth-order valence-corrected chi connectivity index (χ4v) is 4.13. The van der Waals surface area contributed by atoms with Gasteiger partial charge in [0.2, 0.25) is 0 Å². The number of anilines is 1. The molecule has 1 aromatic heterocycles. The van der Waals surface area contributed by atoms with Gasteiger partial charge in [-0.2, -0.15) is 0 Å². The summed E-state index contributed by atoms with van der Waals surface area (Å²) in [7, 11) is -2.82.